The van der Waals surface area contributed by atoms with Gasteiger partial charge in [0, 0.05) is 12.5 Å². The second-order valence-electron chi connectivity index (χ2n) is 5.20. The van der Waals surface area contributed by atoms with Crippen LogP contribution in [0.25, 0.3) is 0 Å². The highest BCUT2D eigenvalue weighted by atomic mass is 19.4. The highest BCUT2D eigenvalue weighted by Gasteiger charge is 2.38. The molecule has 1 aromatic carbocycles. The van der Waals surface area contributed by atoms with Gasteiger partial charge in [0.15, 0.2) is 11.5 Å². The van der Waals surface area contributed by atoms with Crippen molar-refractivity contribution in [2.45, 2.75) is 31.4 Å². The molecule has 1 amide bonds. The predicted octanol–water partition coefficient (Wildman–Crippen LogP) is 2.80. The molecule has 0 bridgehead atoms. The molecular weight excluding hydrogens is 299 g/mol. The summed E-state index contributed by atoms with van der Waals surface area (Å²) in [5.74, 6) is -0.925. The number of benzene rings is 1. The number of hydrogen-bond acceptors (Lipinski definition) is 3. The second kappa shape index (κ2) is 6.46. The van der Waals surface area contributed by atoms with E-state index in [-0.39, 0.29) is 12.5 Å². The highest BCUT2D eigenvalue weighted by Crippen LogP contribution is 2.38. The number of hydrogen-bond donors (Lipinski definition) is 1. The van der Waals surface area contributed by atoms with Gasteiger partial charge in [0.2, 0.25) is 0 Å². The van der Waals surface area contributed by atoms with Crippen molar-refractivity contribution in [1.82, 2.24) is 5.32 Å². The summed E-state index contributed by atoms with van der Waals surface area (Å²) >= 11 is 0. The minimum atomic E-state index is -4.85. The van der Waals surface area contributed by atoms with E-state index in [9.17, 15) is 18.0 Å². The molecule has 1 aliphatic rings. The Morgan fingerprint density at radius 2 is 1.91 bits per heavy atom. The Balaban J connectivity index is 2.19. The zero-order valence-electron chi connectivity index (χ0n) is 12.4. The Bertz CT molecular complexity index is 558. The summed E-state index contributed by atoms with van der Waals surface area (Å²) in [6, 6.07) is 3.64. The lowest BCUT2D eigenvalue weighted by molar-refractivity contribution is -0.173. The Hall–Kier alpha value is -1.92. The summed E-state index contributed by atoms with van der Waals surface area (Å²) in [7, 11) is 3.04. The number of amides is 1. The van der Waals surface area contributed by atoms with Crippen molar-refractivity contribution in [3.63, 3.8) is 0 Å². The van der Waals surface area contributed by atoms with Crippen LogP contribution in [0.5, 0.6) is 11.5 Å². The zero-order chi connectivity index (χ0) is 16.3. The van der Waals surface area contributed by atoms with Crippen LogP contribution in [-0.2, 0) is 11.2 Å². The largest absolute Gasteiger partial charge is 0.493 e. The van der Waals surface area contributed by atoms with Gasteiger partial charge in [-0.2, -0.15) is 13.2 Å². The molecule has 7 heteroatoms. The summed E-state index contributed by atoms with van der Waals surface area (Å²) in [6.45, 7) is -0.0408. The molecule has 4 nitrogen and oxygen atoms in total. The van der Waals surface area contributed by atoms with E-state index in [4.69, 9.17) is 9.47 Å². The average molecular weight is 317 g/mol. The number of aryl methyl sites for hydroxylation is 1. The van der Waals surface area contributed by atoms with Crippen LogP contribution in [0.2, 0.25) is 0 Å². The molecule has 122 valence electrons. The molecule has 22 heavy (non-hydrogen) atoms. The van der Waals surface area contributed by atoms with Gasteiger partial charge in [-0.05, 0) is 42.5 Å². The van der Waals surface area contributed by atoms with Crippen molar-refractivity contribution >= 4 is 5.91 Å². The molecule has 1 atom stereocenters. The van der Waals surface area contributed by atoms with Crippen molar-refractivity contribution in [1.29, 1.82) is 0 Å². The smallest absolute Gasteiger partial charge is 0.471 e. The van der Waals surface area contributed by atoms with E-state index < -0.39 is 12.1 Å². The summed E-state index contributed by atoms with van der Waals surface area (Å²) in [5.41, 5.74) is 1.93. The first-order valence-electron chi connectivity index (χ1n) is 6.96. The average Bonchev–Trinajstić information content (AvgIpc) is 2.49. The summed E-state index contributed by atoms with van der Waals surface area (Å²) in [4.78, 5) is 11.0. The summed E-state index contributed by atoms with van der Waals surface area (Å²) in [5, 5.41) is 1.96. The summed E-state index contributed by atoms with van der Waals surface area (Å²) < 4.78 is 47.3. The predicted molar refractivity (Wildman–Crippen MR) is 74.3 cm³/mol. The number of methoxy groups -OCH3 is 2. The van der Waals surface area contributed by atoms with E-state index >= 15 is 0 Å². The maximum Gasteiger partial charge on any atom is 0.471 e. The molecule has 0 aromatic heterocycles. The van der Waals surface area contributed by atoms with Crippen molar-refractivity contribution in [2.75, 3.05) is 20.8 Å². The molecule has 0 spiro atoms. The molecule has 0 fully saturated rings. The topological polar surface area (TPSA) is 47.6 Å². The lowest BCUT2D eigenvalue weighted by Crippen LogP contribution is -2.39. The molecule has 0 heterocycles. The fourth-order valence-corrected chi connectivity index (χ4v) is 2.76. The molecule has 0 saturated carbocycles. The van der Waals surface area contributed by atoms with E-state index in [1.165, 1.54) is 14.2 Å². The van der Waals surface area contributed by atoms with Gasteiger partial charge in [-0.1, -0.05) is 0 Å². The number of rotatable bonds is 4. The van der Waals surface area contributed by atoms with Crippen LogP contribution in [0, 0.1) is 0 Å². The number of fused-ring (bicyclic) bond motifs is 1. The molecule has 0 radical (unpaired) electrons. The Labute approximate surface area is 126 Å². The fraction of sp³-hybridized carbons (Fsp3) is 0.533. The van der Waals surface area contributed by atoms with Gasteiger partial charge < -0.3 is 14.8 Å². The highest BCUT2D eigenvalue weighted by molar-refractivity contribution is 5.81. The molecule has 1 aliphatic carbocycles. The Kier molecular flexibility index (Phi) is 4.83. The Morgan fingerprint density at radius 3 is 2.50 bits per heavy atom. The van der Waals surface area contributed by atoms with Crippen molar-refractivity contribution in [2.24, 2.45) is 0 Å². The number of carbonyl (C=O) groups is 1. The van der Waals surface area contributed by atoms with Crippen LogP contribution in [-0.4, -0.2) is 32.8 Å². The third-order valence-electron chi connectivity index (χ3n) is 3.85. The van der Waals surface area contributed by atoms with Crippen LogP contribution in [0.4, 0.5) is 13.2 Å². The van der Waals surface area contributed by atoms with Gasteiger partial charge in [-0.15, -0.1) is 0 Å². The first-order chi connectivity index (χ1) is 10.4. The van der Waals surface area contributed by atoms with Gasteiger partial charge in [0.25, 0.3) is 0 Å². The van der Waals surface area contributed by atoms with Gasteiger partial charge >= 0.3 is 12.1 Å². The quantitative estimate of drug-likeness (QED) is 0.929. The maximum atomic E-state index is 12.3. The first-order valence-corrected chi connectivity index (χ1v) is 6.96. The minimum absolute atomic E-state index is 0.0408. The summed E-state index contributed by atoms with van der Waals surface area (Å²) in [6.07, 6.45) is -2.44. The van der Waals surface area contributed by atoms with E-state index in [0.717, 1.165) is 30.4 Å². The SMILES string of the molecule is COc1cc2c(cc1OC)C(CNC(=O)C(F)(F)F)CCC2. The van der Waals surface area contributed by atoms with Gasteiger partial charge in [-0.3, -0.25) is 4.79 Å². The molecule has 1 aromatic rings. The lowest BCUT2D eigenvalue weighted by Gasteiger charge is -2.27. The number of halogens is 3. The third-order valence-corrected chi connectivity index (χ3v) is 3.85. The molecule has 0 aliphatic heterocycles. The van der Waals surface area contributed by atoms with Crippen molar-refractivity contribution in [3.05, 3.63) is 23.3 Å². The van der Waals surface area contributed by atoms with Crippen LogP contribution < -0.4 is 14.8 Å². The van der Waals surface area contributed by atoms with E-state index in [1.807, 2.05) is 11.4 Å². The number of ether oxygens (including phenoxy) is 2. The molecule has 1 N–H and O–H groups in total. The van der Waals surface area contributed by atoms with Crippen LogP contribution >= 0.6 is 0 Å². The fourth-order valence-electron chi connectivity index (χ4n) is 2.76. The van der Waals surface area contributed by atoms with Crippen molar-refractivity contribution < 1.29 is 27.4 Å². The first kappa shape index (κ1) is 16.5. The van der Waals surface area contributed by atoms with Gasteiger partial charge in [-0.25, -0.2) is 0 Å². The van der Waals surface area contributed by atoms with E-state index in [2.05, 4.69) is 0 Å². The number of alkyl halides is 3. The van der Waals surface area contributed by atoms with E-state index in [1.54, 1.807) is 6.07 Å². The number of carbonyl (C=O) groups excluding carboxylic acids is 1. The minimum Gasteiger partial charge on any atom is -0.493 e. The zero-order valence-corrected chi connectivity index (χ0v) is 12.4. The third kappa shape index (κ3) is 3.45. The second-order valence-corrected chi connectivity index (χ2v) is 5.20. The van der Waals surface area contributed by atoms with Gasteiger partial charge in [0.05, 0.1) is 14.2 Å². The molecule has 1 unspecified atom stereocenters. The number of nitrogens with one attached hydrogen (secondary N) is 1. The normalized spacial score (nSPS) is 17.6. The van der Waals surface area contributed by atoms with Crippen LogP contribution in [0.3, 0.4) is 0 Å². The van der Waals surface area contributed by atoms with Crippen LogP contribution in [0.1, 0.15) is 29.9 Å². The standard InChI is InChI=1S/C15H18F3NO3/c1-21-12-6-9-4-3-5-10(11(9)7-13(12)22-2)8-19-14(20)15(16,17)18/h6-7,10H,3-5,8H2,1-2H3,(H,19,20). The monoisotopic (exact) mass is 317 g/mol. The Morgan fingerprint density at radius 1 is 1.27 bits per heavy atom. The van der Waals surface area contributed by atoms with Crippen LogP contribution in [0.15, 0.2) is 12.1 Å². The molecule has 2 rings (SSSR count). The lowest BCUT2D eigenvalue weighted by atomic mass is 9.82. The van der Waals surface area contributed by atoms with E-state index in [0.29, 0.717) is 11.5 Å². The van der Waals surface area contributed by atoms with Gasteiger partial charge in [0.1, 0.15) is 0 Å². The maximum absolute atomic E-state index is 12.3. The van der Waals surface area contributed by atoms with Crippen molar-refractivity contribution in [3.8, 4) is 11.5 Å². The molecule has 0 saturated heterocycles. The molecular formula is C15H18F3NO3.